The minimum Gasteiger partial charge on any atom is -0.480 e. The third-order valence-corrected chi connectivity index (χ3v) is 2.75. The Labute approximate surface area is 101 Å². The molecule has 0 aromatic carbocycles. The molecule has 1 rings (SSSR count). The maximum Gasteiger partial charge on any atom is 0.411 e. The number of amides is 1. The fraction of sp³-hybridized carbons (Fsp3) is 0.818. The first-order valence-corrected chi connectivity index (χ1v) is 5.56. The topological polar surface area (TPSA) is 92.9 Å². The molecule has 0 aromatic heterocycles. The predicted molar refractivity (Wildman–Crippen MR) is 61.6 cm³/mol. The van der Waals surface area contributed by atoms with Crippen LogP contribution in [0, 0.1) is 0 Å². The van der Waals surface area contributed by atoms with Gasteiger partial charge in [-0.25, -0.2) is 9.59 Å². The van der Waals surface area contributed by atoms with E-state index in [1.807, 2.05) is 0 Å². The van der Waals surface area contributed by atoms with Gasteiger partial charge in [0.15, 0.2) is 0 Å². The number of nitrogens with two attached hydrogens (primary N) is 1. The van der Waals surface area contributed by atoms with Crippen molar-refractivity contribution in [2.45, 2.75) is 51.3 Å². The molecular weight excluding hydrogens is 224 g/mol. The van der Waals surface area contributed by atoms with Crippen molar-refractivity contribution < 1.29 is 19.4 Å². The summed E-state index contributed by atoms with van der Waals surface area (Å²) in [6.45, 7) is 6.90. The molecule has 98 valence electrons. The highest BCUT2D eigenvalue weighted by Crippen LogP contribution is 2.30. The standard InChI is InChI=1S/C11H20N2O4/c1-10(2,3)17-9(16)13-6-7(12)5-11(13,4)8(14)15/h7H,5-6,12H2,1-4H3,(H,14,15)/t7-,11?/m1/s1. The van der Waals surface area contributed by atoms with Crippen LogP contribution in [0.1, 0.15) is 34.1 Å². The number of carbonyl (C=O) groups excluding carboxylic acids is 1. The minimum absolute atomic E-state index is 0.206. The zero-order valence-corrected chi connectivity index (χ0v) is 10.7. The Morgan fingerprint density at radius 2 is 2.00 bits per heavy atom. The molecule has 0 aromatic rings. The lowest BCUT2D eigenvalue weighted by Gasteiger charge is -2.32. The summed E-state index contributed by atoms with van der Waals surface area (Å²) < 4.78 is 5.18. The van der Waals surface area contributed by atoms with Crippen LogP contribution in [0.25, 0.3) is 0 Å². The molecule has 2 atom stereocenters. The molecule has 6 heteroatoms. The van der Waals surface area contributed by atoms with Crippen LogP contribution in [0.2, 0.25) is 0 Å². The third-order valence-electron chi connectivity index (χ3n) is 2.75. The lowest BCUT2D eigenvalue weighted by Crippen LogP contribution is -2.52. The van der Waals surface area contributed by atoms with Gasteiger partial charge < -0.3 is 15.6 Å². The lowest BCUT2D eigenvalue weighted by molar-refractivity contribution is -0.148. The molecular formula is C11H20N2O4. The summed E-state index contributed by atoms with van der Waals surface area (Å²) in [4.78, 5) is 24.4. The molecule has 0 bridgehead atoms. The van der Waals surface area contributed by atoms with E-state index in [-0.39, 0.29) is 19.0 Å². The smallest absolute Gasteiger partial charge is 0.411 e. The Hall–Kier alpha value is -1.30. The van der Waals surface area contributed by atoms with Gasteiger partial charge in [0.1, 0.15) is 11.1 Å². The van der Waals surface area contributed by atoms with E-state index in [1.54, 1.807) is 20.8 Å². The van der Waals surface area contributed by atoms with Crippen molar-refractivity contribution in [2.75, 3.05) is 6.54 Å². The second kappa shape index (κ2) is 4.18. The Kier molecular flexibility index (Phi) is 3.38. The summed E-state index contributed by atoms with van der Waals surface area (Å²) >= 11 is 0. The van der Waals surface area contributed by atoms with Crippen LogP contribution in [0.15, 0.2) is 0 Å². The molecule has 0 radical (unpaired) electrons. The Morgan fingerprint density at radius 3 is 2.41 bits per heavy atom. The van der Waals surface area contributed by atoms with Crippen LogP contribution in [-0.4, -0.2) is 45.8 Å². The third kappa shape index (κ3) is 2.88. The number of carboxylic acids is 1. The number of hydrogen-bond donors (Lipinski definition) is 2. The van der Waals surface area contributed by atoms with E-state index in [0.717, 1.165) is 0 Å². The van der Waals surface area contributed by atoms with Crippen molar-refractivity contribution in [3.8, 4) is 0 Å². The van der Waals surface area contributed by atoms with Crippen LogP contribution >= 0.6 is 0 Å². The highest BCUT2D eigenvalue weighted by atomic mass is 16.6. The van der Waals surface area contributed by atoms with Crippen LogP contribution in [0.3, 0.4) is 0 Å². The zero-order valence-electron chi connectivity index (χ0n) is 10.7. The molecule has 6 nitrogen and oxygen atoms in total. The van der Waals surface area contributed by atoms with E-state index in [2.05, 4.69) is 0 Å². The lowest BCUT2D eigenvalue weighted by atomic mass is 9.98. The summed E-state index contributed by atoms with van der Waals surface area (Å²) in [5, 5.41) is 9.20. The molecule has 1 saturated heterocycles. The van der Waals surface area contributed by atoms with Gasteiger partial charge in [-0.2, -0.15) is 0 Å². The molecule has 1 aliphatic heterocycles. The highest BCUT2D eigenvalue weighted by Gasteiger charge is 2.50. The number of carbonyl (C=O) groups is 2. The quantitative estimate of drug-likeness (QED) is 0.711. The number of ether oxygens (including phenoxy) is 1. The minimum atomic E-state index is -1.28. The van der Waals surface area contributed by atoms with Gasteiger partial charge in [-0.05, 0) is 34.1 Å². The summed E-state index contributed by atoms with van der Waals surface area (Å²) in [6.07, 6.45) is -0.392. The van der Waals surface area contributed by atoms with Gasteiger partial charge in [0.05, 0.1) is 0 Å². The number of aliphatic carboxylic acids is 1. The van der Waals surface area contributed by atoms with Crippen molar-refractivity contribution in [2.24, 2.45) is 5.73 Å². The van der Waals surface area contributed by atoms with Gasteiger partial charge in [0, 0.05) is 12.6 Å². The van der Waals surface area contributed by atoms with Crippen LogP contribution in [0.4, 0.5) is 4.79 Å². The molecule has 0 spiro atoms. The van der Waals surface area contributed by atoms with Crippen molar-refractivity contribution >= 4 is 12.1 Å². The molecule has 17 heavy (non-hydrogen) atoms. The maximum atomic E-state index is 11.9. The number of nitrogens with zero attached hydrogens (tertiary/aromatic N) is 1. The van der Waals surface area contributed by atoms with Crippen LogP contribution < -0.4 is 5.73 Å². The van der Waals surface area contributed by atoms with Gasteiger partial charge in [-0.3, -0.25) is 4.90 Å². The fourth-order valence-corrected chi connectivity index (χ4v) is 1.92. The second-order valence-corrected chi connectivity index (χ2v) is 5.63. The normalized spacial score (nSPS) is 29.2. The Morgan fingerprint density at radius 1 is 1.47 bits per heavy atom. The largest absolute Gasteiger partial charge is 0.480 e. The molecule has 1 heterocycles. The highest BCUT2D eigenvalue weighted by molar-refractivity contribution is 5.85. The van der Waals surface area contributed by atoms with E-state index >= 15 is 0 Å². The molecule has 3 N–H and O–H groups in total. The van der Waals surface area contributed by atoms with E-state index in [4.69, 9.17) is 10.5 Å². The molecule has 1 unspecified atom stereocenters. The number of rotatable bonds is 1. The Balaban J connectivity index is 2.88. The van der Waals surface area contributed by atoms with Crippen molar-refractivity contribution in [3.63, 3.8) is 0 Å². The summed E-state index contributed by atoms with van der Waals surface area (Å²) in [5.74, 6) is -1.06. The summed E-state index contributed by atoms with van der Waals surface area (Å²) in [5.41, 5.74) is 3.80. The van der Waals surface area contributed by atoms with E-state index < -0.39 is 23.2 Å². The van der Waals surface area contributed by atoms with E-state index in [0.29, 0.717) is 0 Å². The average Bonchev–Trinajstić information content (AvgIpc) is 2.40. The van der Waals surface area contributed by atoms with E-state index in [9.17, 15) is 14.7 Å². The average molecular weight is 244 g/mol. The van der Waals surface area contributed by atoms with Crippen molar-refractivity contribution in [1.82, 2.24) is 4.90 Å². The van der Waals surface area contributed by atoms with Gasteiger partial charge >= 0.3 is 12.1 Å². The fourth-order valence-electron chi connectivity index (χ4n) is 1.92. The van der Waals surface area contributed by atoms with Crippen LogP contribution in [-0.2, 0) is 9.53 Å². The van der Waals surface area contributed by atoms with Crippen molar-refractivity contribution in [3.05, 3.63) is 0 Å². The zero-order chi connectivity index (χ0) is 13.4. The molecule has 1 fully saturated rings. The van der Waals surface area contributed by atoms with E-state index in [1.165, 1.54) is 11.8 Å². The first kappa shape index (κ1) is 13.8. The van der Waals surface area contributed by atoms with Gasteiger partial charge in [-0.15, -0.1) is 0 Å². The van der Waals surface area contributed by atoms with Gasteiger partial charge in [-0.1, -0.05) is 0 Å². The first-order valence-electron chi connectivity index (χ1n) is 5.56. The van der Waals surface area contributed by atoms with Gasteiger partial charge in [0.2, 0.25) is 0 Å². The number of likely N-dealkylation sites (tertiary alicyclic amines) is 1. The Bertz CT molecular complexity index is 337. The summed E-state index contributed by atoms with van der Waals surface area (Å²) in [6, 6.07) is -0.330. The number of carboxylic acid groups (broad SMARTS) is 1. The maximum absolute atomic E-state index is 11.9. The number of hydrogen-bond acceptors (Lipinski definition) is 4. The monoisotopic (exact) mass is 244 g/mol. The SMILES string of the molecule is CC(C)(C)OC(=O)N1C[C@H](N)CC1(C)C(=O)O. The molecule has 1 aliphatic rings. The summed E-state index contributed by atoms with van der Waals surface area (Å²) in [7, 11) is 0. The molecule has 1 amide bonds. The molecule has 0 aliphatic carbocycles. The predicted octanol–water partition coefficient (Wildman–Crippen LogP) is 0.798. The van der Waals surface area contributed by atoms with Crippen LogP contribution in [0.5, 0.6) is 0 Å². The second-order valence-electron chi connectivity index (χ2n) is 5.63. The molecule has 0 saturated carbocycles. The van der Waals surface area contributed by atoms with Gasteiger partial charge in [0.25, 0.3) is 0 Å². The van der Waals surface area contributed by atoms with Crippen molar-refractivity contribution in [1.29, 1.82) is 0 Å². The first-order chi connectivity index (χ1) is 7.56.